The molecular formula is C19H32N4O2S. The molecule has 1 aromatic rings. The minimum atomic E-state index is -0.436. The molecule has 0 aliphatic carbocycles. The number of hydrogen-bond acceptors (Lipinski definition) is 4. The Bertz CT molecular complexity index is 613. The van der Waals surface area contributed by atoms with Crippen LogP contribution in [-0.4, -0.2) is 49.2 Å². The molecule has 0 atom stereocenters. The Morgan fingerprint density at radius 3 is 2.58 bits per heavy atom. The molecule has 0 spiro atoms. The summed E-state index contributed by atoms with van der Waals surface area (Å²) in [6, 6.07) is 2.14. The molecule has 26 heavy (non-hydrogen) atoms. The van der Waals surface area contributed by atoms with E-state index in [1.807, 2.05) is 25.7 Å². The average molecular weight is 381 g/mol. The third kappa shape index (κ3) is 6.52. The summed E-state index contributed by atoms with van der Waals surface area (Å²) in [5.74, 6) is 1.36. The number of piperidine rings is 1. The standard InChI is InChI=1S/C19H32N4O2S/c1-14-8-11-26-16(14)13-22-17(20-5)21-12-15-6-9-23(10-7-15)18(24)25-19(2,3)4/h8,11,15H,6-7,9-10,12-13H2,1-5H3,(H2,20,21,22). The van der Waals surface area contributed by atoms with Crippen LogP contribution < -0.4 is 10.6 Å². The highest BCUT2D eigenvalue weighted by Crippen LogP contribution is 2.19. The minimum Gasteiger partial charge on any atom is -0.444 e. The van der Waals surface area contributed by atoms with Crippen molar-refractivity contribution < 1.29 is 9.53 Å². The summed E-state index contributed by atoms with van der Waals surface area (Å²) in [6.07, 6.45) is 1.76. The SMILES string of the molecule is CN=C(NCc1sccc1C)NCC1CCN(C(=O)OC(C)(C)C)CC1. The average Bonchev–Trinajstić information content (AvgIpc) is 2.99. The van der Waals surface area contributed by atoms with E-state index in [0.29, 0.717) is 5.92 Å². The molecule has 1 amide bonds. The van der Waals surface area contributed by atoms with Gasteiger partial charge in [0.1, 0.15) is 5.60 Å². The van der Waals surface area contributed by atoms with Crippen LogP contribution in [0.1, 0.15) is 44.1 Å². The summed E-state index contributed by atoms with van der Waals surface area (Å²) in [5, 5.41) is 8.89. The van der Waals surface area contributed by atoms with E-state index >= 15 is 0 Å². The molecule has 1 aliphatic rings. The van der Waals surface area contributed by atoms with Crippen LogP contribution in [0.25, 0.3) is 0 Å². The zero-order valence-corrected chi connectivity index (χ0v) is 17.4. The normalized spacial score (nSPS) is 16.5. The van der Waals surface area contributed by atoms with Gasteiger partial charge in [0.2, 0.25) is 0 Å². The number of likely N-dealkylation sites (tertiary alicyclic amines) is 1. The summed E-state index contributed by atoms with van der Waals surface area (Å²) in [7, 11) is 1.79. The lowest BCUT2D eigenvalue weighted by molar-refractivity contribution is 0.0185. The van der Waals surface area contributed by atoms with Crippen LogP contribution >= 0.6 is 11.3 Å². The number of aryl methyl sites for hydroxylation is 1. The number of thiophene rings is 1. The van der Waals surface area contributed by atoms with Crippen LogP contribution in [-0.2, 0) is 11.3 Å². The molecule has 0 aromatic carbocycles. The van der Waals surface area contributed by atoms with Crippen LogP contribution in [0.3, 0.4) is 0 Å². The van der Waals surface area contributed by atoms with E-state index in [-0.39, 0.29) is 6.09 Å². The summed E-state index contributed by atoms with van der Waals surface area (Å²) >= 11 is 1.76. The molecule has 0 bridgehead atoms. The lowest BCUT2D eigenvalue weighted by atomic mass is 9.97. The molecule has 2 N–H and O–H groups in total. The number of rotatable bonds is 4. The van der Waals surface area contributed by atoms with Gasteiger partial charge >= 0.3 is 6.09 Å². The Balaban J connectivity index is 1.70. The predicted octanol–water partition coefficient (Wildman–Crippen LogP) is 3.37. The maximum atomic E-state index is 12.1. The summed E-state index contributed by atoms with van der Waals surface area (Å²) in [6.45, 7) is 11.0. The number of nitrogens with one attached hydrogen (secondary N) is 2. The van der Waals surface area contributed by atoms with Gasteiger partial charge in [-0.3, -0.25) is 4.99 Å². The molecule has 146 valence electrons. The third-order valence-electron chi connectivity index (χ3n) is 4.43. The number of carbonyl (C=O) groups is 1. The van der Waals surface area contributed by atoms with Crippen LogP contribution in [0.4, 0.5) is 4.79 Å². The Labute approximate surface area is 161 Å². The van der Waals surface area contributed by atoms with Crippen molar-refractivity contribution in [1.29, 1.82) is 0 Å². The molecule has 1 aromatic heterocycles. The van der Waals surface area contributed by atoms with Gasteiger partial charge < -0.3 is 20.3 Å². The van der Waals surface area contributed by atoms with E-state index in [1.165, 1.54) is 10.4 Å². The van der Waals surface area contributed by atoms with E-state index in [4.69, 9.17) is 4.74 Å². The van der Waals surface area contributed by atoms with Gasteiger partial charge in [0, 0.05) is 31.6 Å². The molecule has 0 radical (unpaired) electrons. The molecule has 1 aliphatic heterocycles. The van der Waals surface area contributed by atoms with Crippen LogP contribution in [0.2, 0.25) is 0 Å². The Morgan fingerprint density at radius 1 is 1.35 bits per heavy atom. The fourth-order valence-corrected chi connectivity index (χ4v) is 3.70. The van der Waals surface area contributed by atoms with Crippen molar-refractivity contribution >= 4 is 23.4 Å². The molecule has 1 saturated heterocycles. The first-order valence-corrected chi connectivity index (χ1v) is 10.1. The van der Waals surface area contributed by atoms with Crippen molar-refractivity contribution in [2.75, 3.05) is 26.7 Å². The van der Waals surface area contributed by atoms with Gasteiger partial charge in [-0.1, -0.05) is 0 Å². The maximum absolute atomic E-state index is 12.1. The zero-order chi connectivity index (χ0) is 19.2. The highest BCUT2D eigenvalue weighted by Gasteiger charge is 2.26. The number of ether oxygens (including phenoxy) is 1. The number of amides is 1. The van der Waals surface area contributed by atoms with Crippen molar-refractivity contribution in [3.8, 4) is 0 Å². The zero-order valence-electron chi connectivity index (χ0n) is 16.6. The first-order chi connectivity index (χ1) is 12.3. The Morgan fingerprint density at radius 2 is 2.04 bits per heavy atom. The molecule has 0 saturated carbocycles. The quantitative estimate of drug-likeness (QED) is 0.621. The second kappa shape index (κ2) is 9.26. The van der Waals surface area contributed by atoms with E-state index in [9.17, 15) is 4.79 Å². The molecule has 7 heteroatoms. The lowest BCUT2D eigenvalue weighted by Gasteiger charge is -2.33. The number of nitrogens with zero attached hydrogens (tertiary/aromatic N) is 2. The lowest BCUT2D eigenvalue weighted by Crippen LogP contribution is -2.45. The van der Waals surface area contributed by atoms with E-state index in [1.54, 1.807) is 18.4 Å². The number of hydrogen-bond donors (Lipinski definition) is 2. The van der Waals surface area contributed by atoms with Gasteiger partial charge in [0.05, 0.1) is 6.54 Å². The summed E-state index contributed by atoms with van der Waals surface area (Å²) in [5.41, 5.74) is 0.877. The molecule has 0 unspecified atom stereocenters. The largest absolute Gasteiger partial charge is 0.444 e. The Hall–Kier alpha value is -1.76. The fourth-order valence-electron chi connectivity index (χ4n) is 2.86. The van der Waals surface area contributed by atoms with Crippen molar-refractivity contribution in [2.24, 2.45) is 10.9 Å². The van der Waals surface area contributed by atoms with Crippen LogP contribution in [0, 0.1) is 12.8 Å². The van der Waals surface area contributed by atoms with Gasteiger partial charge in [-0.2, -0.15) is 0 Å². The second-order valence-corrected chi connectivity index (χ2v) is 8.74. The van der Waals surface area contributed by atoms with Crippen molar-refractivity contribution in [3.05, 3.63) is 21.9 Å². The maximum Gasteiger partial charge on any atom is 0.410 e. The van der Waals surface area contributed by atoms with Crippen molar-refractivity contribution in [3.63, 3.8) is 0 Å². The minimum absolute atomic E-state index is 0.201. The van der Waals surface area contributed by atoms with Crippen molar-refractivity contribution in [2.45, 2.75) is 52.7 Å². The number of aliphatic imine (C=N–C) groups is 1. The molecule has 6 nitrogen and oxygen atoms in total. The number of carbonyl (C=O) groups excluding carboxylic acids is 1. The molecule has 2 rings (SSSR count). The molecule has 1 fully saturated rings. The van der Waals surface area contributed by atoms with Gasteiger partial charge in [0.15, 0.2) is 5.96 Å². The first kappa shape index (κ1) is 20.6. The molecule has 2 heterocycles. The third-order valence-corrected chi connectivity index (χ3v) is 5.46. The molecular weight excluding hydrogens is 348 g/mol. The summed E-state index contributed by atoms with van der Waals surface area (Å²) in [4.78, 5) is 19.6. The van der Waals surface area contributed by atoms with Crippen LogP contribution in [0.5, 0.6) is 0 Å². The smallest absolute Gasteiger partial charge is 0.410 e. The topological polar surface area (TPSA) is 66.0 Å². The first-order valence-electron chi connectivity index (χ1n) is 9.24. The number of guanidine groups is 1. The van der Waals surface area contributed by atoms with E-state index < -0.39 is 5.60 Å². The summed E-state index contributed by atoms with van der Waals surface area (Å²) < 4.78 is 5.45. The van der Waals surface area contributed by atoms with Gasteiger partial charge in [-0.05, 0) is 63.5 Å². The fraction of sp³-hybridized carbons (Fsp3) is 0.684. The Kier molecular flexibility index (Phi) is 7.32. The highest BCUT2D eigenvalue weighted by molar-refractivity contribution is 7.10. The monoisotopic (exact) mass is 380 g/mol. The van der Waals surface area contributed by atoms with Gasteiger partial charge in [-0.25, -0.2) is 4.79 Å². The van der Waals surface area contributed by atoms with Crippen LogP contribution in [0.15, 0.2) is 16.4 Å². The van der Waals surface area contributed by atoms with Crippen molar-refractivity contribution in [1.82, 2.24) is 15.5 Å². The van der Waals surface area contributed by atoms with E-state index in [2.05, 4.69) is 34.0 Å². The van der Waals surface area contributed by atoms with E-state index in [0.717, 1.165) is 45.0 Å². The second-order valence-electron chi connectivity index (χ2n) is 7.74. The highest BCUT2D eigenvalue weighted by atomic mass is 32.1. The van der Waals surface area contributed by atoms with Gasteiger partial charge in [0.25, 0.3) is 0 Å². The predicted molar refractivity (Wildman–Crippen MR) is 108 cm³/mol. The van der Waals surface area contributed by atoms with Gasteiger partial charge in [-0.15, -0.1) is 11.3 Å².